The number of nitrogens with one attached hydrogen (secondary N) is 1. The number of H-pyrrole nitrogens is 1. The predicted octanol–water partition coefficient (Wildman–Crippen LogP) is 4.14. The highest BCUT2D eigenvalue weighted by Gasteiger charge is 2.00. The molecule has 0 radical (unpaired) electrons. The van der Waals surface area contributed by atoms with Crippen LogP contribution in [0.15, 0.2) is 42.5 Å². The summed E-state index contributed by atoms with van der Waals surface area (Å²) in [5.41, 5.74) is 3.04. The van der Waals surface area contributed by atoms with E-state index in [0.29, 0.717) is 5.92 Å². The highest BCUT2D eigenvalue weighted by atomic mass is 15.1. The number of nitrogens with zero attached hydrogens (tertiary/aromatic N) is 1. The lowest BCUT2D eigenvalue weighted by Crippen LogP contribution is -1.80. The average molecular weight is 250 g/mol. The van der Waals surface area contributed by atoms with E-state index in [0.717, 1.165) is 23.4 Å². The SMILES string of the molecule is CC(C)CC#C/C=C/c1cc(-c2ccccc2)n[nH]1. The van der Waals surface area contributed by atoms with Crippen LogP contribution in [-0.2, 0) is 0 Å². The van der Waals surface area contributed by atoms with Crippen molar-refractivity contribution in [1.82, 2.24) is 10.2 Å². The van der Waals surface area contributed by atoms with Gasteiger partial charge in [0.05, 0.1) is 11.4 Å². The third-order valence-corrected chi connectivity index (χ3v) is 2.63. The number of aromatic amines is 1. The maximum atomic E-state index is 4.29. The van der Waals surface area contributed by atoms with Crippen LogP contribution in [0.4, 0.5) is 0 Å². The van der Waals surface area contributed by atoms with E-state index < -0.39 is 0 Å². The maximum absolute atomic E-state index is 4.29. The first-order chi connectivity index (χ1) is 9.25. The van der Waals surface area contributed by atoms with Crippen LogP contribution in [0.5, 0.6) is 0 Å². The standard InChI is InChI=1S/C17H18N2/c1-14(2)9-5-3-8-12-16-13-17(19-18-16)15-10-6-4-7-11-15/h4,6-8,10-14H,9H2,1-2H3,(H,18,19)/b12-8+. The van der Waals surface area contributed by atoms with Crippen LogP contribution in [-0.4, -0.2) is 10.2 Å². The number of benzene rings is 1. The predicted molar refractivity (Wildman–Crippen MR) is 80.3 cm³/mol. The Hall–Kier alpha value is -2.27. The quantitative estimate of drug-likeness (QED) is 0.815. The van der Waals surface area contributed by atoms with Gasteiger partial charge in [-0.15, -0.1) is 0 Å². The smallest absolute Gasteiger partial charge is 0.0926 e. The maximum Gasteiger partial charge on any atom is 0.0926 e. The van der Waals surface area contributed by atoms with Crippen LogP contribution in [0.25, 0.3) is 17.3 Å². The Bertz CT molecular complexity index is 595. The Morgan fingerprint density at radius 2 is 2.05 bits per heavy atom. The summed E-state index contributed by atoms with van der Waals surface area (Å²) in [7, 11) is 0. The van der Waals surface area contributed by atoms with E-state index in [-0.39, 0.29) is 0 Å². The van der Waals surface area contributed by atoms with Gasteiger partial charge in [0.15, 0.2) is 0 Å². The zero-order chi connectivity index (χ0) is 13.5. The Kier molecular flexibility index (Phi) is 4.58. The van der Waals surface area contributed by atoms with Gasteiger partial charge in [0.1, 0.15) is 0 Å². The van der Waals surface area contributed by atoms with Gasteiger partial charge in [0, 0.05) is 12.0 Å². The van der Waals surface area contributed by atoms with E-state index >= 15 is 0 Å². The molecule has 2 nitrogen and oxygen atoms in total. The molecule has 1 N–H and O–H groups in total. The van der Waals surface area contributed by atoms with Crippen molar-refractivity contribution in [2.75, 3.05) is 0 Å². The summed E-state index contributed by atoms with van der Waals surface area (Å²) in [6.45, 7) is 4.33. The topological polar surface area (TPSA) is 28.7 Å². The second kappa shape index (κ2) is 6.61. The van der Waals surface area contributed by atoms with Gasteiger partial charge in [-0.2, -0.15) is 5.10 Å². The zero-order valence-corrected chi connectivity index (χ0v) is 11.4. The normalized spacial score (nSPS) is 10.7. The van der Waals surface area contributed by atoms with Crippen molar-refractivity contribution in [1.29, 1.82) is 0 Å². The zero-order valence-electron chi connectivity index (χ0n) is 11.4. The van der Waals surface area contributed by atoms with Crippen molar-refractivity contribution in [3.63, 3.8) is 0 Å². The van der Waals surface area contributed by atoms with Crippen LogP contribution in [0.3, 0.4) is 0 Å². The molecule has 0 aliphatic rings. The highest BCUT2D eigenvalue weighted by Crippen LogP contribution is 2.17. The van der Waals surface area contributed by atoms with Gasteiger partial charge in [0.25, 0.3) is 0 Å². The van der Waals surface area contributed by atoms with Gasteiger partial charge >= 0.3 is 0 Å². The number of hydrogen-bond donors (Lipinski definition) is 1. The molecule has 0 saturated heterocycles. The molecular formula is C17H18N2. The summed E-state index contributed by atoms with van der Waals surface area (Å²) in [5, 5.41) is 7.29. The lowest BCUT2D eigenvalue weighted by Gasteiger charge is -1.92. The molecule has 96 valence electrons. The molecule has 1 aromatic carbocycles. The summed E-state index contributed by atoms with van der Waals surface area (Å²) in [5.74, 6) is 6.78. The van der Waals surface area contributed by atoms with Crippen LogP contribution < -0.4 is 0 Å². The molecule has 0 spiro atoms. The Morgan fingerprint density at radius 3 is 2.79 bits per heavy atom. The molecule has 19 heavy (non-hydrogen) atoms. The third-order valence-electron chi connectivity index (χ3n) is 2.63. The van der Waals surface area contributed by atoms with Gasteiger partial charge in [-0.1, -0.05) is 56.0 Å². The molecule has 1 heterocycles. The van der Waals surface area contributed by atoms with Crippen molar-refractivity contribution in [2.24, 2.45) is 5.92 Å². The fourth-order valence-corrected chi connectivity index (χ4v) is 1.63. The Labute approximate surface area is 114 Å². The number of hydrogen-bond acceptors (Lipinski definition) is 1. The minimum absolute atomic E-state index is 0.623. The molecule has 2 rings (SSSR count). The van der Waals surface area contributed by atoms with E-state index in [1.165, 1.54) is 0 Å². The first-order valence-electron chi connectivity index (χ1n) is 6.51. The van der Waals surface area contributed by atoms with Crippen molar-refractivity contribution >= 4 is 6.08 Å². The molecule has 2 aromatic rings. The fraction of sp³-hybridized carbons (Fsp3) is 0.235. The second-order valence-corrected chi connectivity index (χ2v) is 4.83. The van der Waals surface area contributed by atoms with Crippen LogP contribution in [0.1, 0.15) is 26.0 Å². The highest BCUT2D eigenvalue weighted by molar-refractivity contribution is 5.62. The summed E-state index contributed by atoms with van der Waals surface area (Å²) < 4.78 is 0. The first kappa shape index (κ1) is 13.2. The van der Waals surface area contributed by atoms with E-state index in [1.807, 2.05) is 48.6 Å². The number of rotatable bonds is 3. The van der Waals surface area contributed by atoms with Crippen molar-refractivity contribution in [3.05, 3.63) is 48.2 Å². The fourth-order valence-electron chi connectivity index (χ4n) is 1.63. The molecule has 0 unspecified atom stereocenters. The molecule has 0 atom stereocenters. The van der Waals surface area contributed by atoms with Gasteiger partial charge in [-0.25, -0.2) is 0 Å². The van der Waals surface area contributed by atoms with Crippen LogP contribution in [0, 0.1) is 17.8 Å². The molecular weight excluding hydrogens is 232 g/mol. The van der Waals surface area contributed by atoms with Crippen molar-refractivity contribution in [3.8, 4) is 23.1 Å². The lowest BCUT2D eigenvalue weighted by molar-refractivity contribution is 0.676. The van der Waals surface area contributed by atoms with Gasteiger partial charge < -0.3 is 0 Å². The summed E-state index contributed by atoms with van der Waals surface area (Å²) in [6, 6.07) is 12.1. The van der Waals surface area contributed by atoms with Crippen LogP contribution in [0.2, 0.25) is 0 Å². The largest absolute Gasteiger partial charge is 0.278 e. The summed E-state index contributed by atoms with van der Waals surface area (Å²) in [6.07, 6.45) is 4.75. The van der Waals surface area contributed by atoms with Gasteiger partial charge in [0.2, 0.25) is 0 Å². The molecule has 0 saturated carbocycles. The molecule has 0 bridgehead atoms. The second-order valence-electron chi connectivity index (χ2n) is 4.83. The molecule has 1 aromatic heterocycles. The van der Waals surface area contributed by atoms with E-state index in [2.05, 4.69) is 35.9 Å². The molecule has 0 amide bonds. The number of allylic oxidation sites excluding steroid dienone is 1. The minimum atomic E-state index is 0.623. The first-order valence-corrected chi connectivity index (χ1v) is 6.51. The summed E-state index contributed by atoms with van der Waals surface area (Å²) in [4.78, 5) is 0. The molecule has 0 aliphatic heterocycles. The minimum Gasteiger partial charge on any atom is -0.278 e. The molecule has 0 aliphatic carbocycles. The lowest BCUT2D eigenvalue weighted by atomic mass is 10.1. The summed E-state index contributed by atoms with van der Waals surface area (Å²) >= 11 is 0. The van der Waals surface area contributed by atoms with Crippen molar-refractivity contribution < 1.29 is 0 Å². The Balaban J connectivity index is 2.01. The van der Waals surface area contributed by atoms with Gasteiger partial charge in [-0.3, -0.25) is 5.10 Å². The van der Waals surface area contributed by atoms with Crippen LogP contribution >= 0.6 is 0 Å². The third kappa shape index (κ3) is 4.15. The molecule has 0 fully saturated rings. The van der Waals surface area contributed by atoms with Gasteiger partial charge in [-0.05, 0) is 24.1 Å². The van der Waals surface area contributed by atoms with E-state index in [9.17, 15) is 0 Å². The Morgan fingerprint density at radius 1 is 1.26 bits per heavy atom. The van der Waals surface area contributed by atoms with E-state index in [1.54, 1.807) is 0 Å². The van der Waals surface area contributed by atoms with Crippen molar-refractivity contribution in [2.45, 2.75) is 20.3 Å². The monoisotopic (exact) mass is 250 g/mol. The average Bonchev–Trinajstić information content (AvgIpc) is 2.88. The number of aromatic nitrogens is 2. The molecule has 2 heteroatoms. The van der Waals surface area contributed by atoms with E-state index in [4.69, 9.17) is 0 Å².